The minimum absolute atomic E-state index is 0.210. The van der Waals surface area contributed by atoms with E-state index in [1.54, 1.807) is 25.6 Å². The molecule has 0 unspecified atom stereocenters. The molecule has 1 aromatic carbocycles. The molecule has 1 N–H and O–H groups in total. The van der Waals surface area contributed by atoms with Crippen molar-refractivity contribution in [2.24, 2.45) is 0 Å². The van der Waals surface area contributed by atoms with E-state index in [9.17, 15) is 5.11 Å². The highest BCUT2D eigenvalue weighted by atomic mass is 16.5. The minimum atomic E-state index is 0.210. The number of ether oxygens (including phenoxy) is 1. The summed E-state index contributed by atoms with van der Waals surface area (Å²) < 4.78 is 5.06. The number of benzene rings is 1. The van der Waals surface area contributed by atoms with Crippen molar-refractivity contribution < 1.29 is 9.84 Å². The third-order valence-electron chi connectivity index (χ3n) is 2.45. The summed E-state index contributed by atoms with van der Waals surface area (Å²) in [6.45, 7) is 0. The summed E-state index contributed by atoms with van der Waals surface area (Å²) in [6, 6.07) is 9.36. The van der Waals surface area contributed by atoms with Crippen molar-refractivity contribution in [1.82, 2.24) is 4.98 Å². The van der Waals surface area contributed by atoms with Gasteiger partial charge in [0.15, 0.2) is 11.5 Å². The number of phenolic OH excluding ortho intramolecular Hbond substituents is 1. The minimum Gasteiger partial charge on any atom is -0.504 e. The molecule has 82 valence electrons. The van der Waals surface area contributed by atoms with Crippen LogP contribution in [0.2, 0.25) is 0 Å². The van der Waals surface area contributed by atoms with Crippen molar-refractivity contribution in [3.63, 3.8) is 0 Å². The summed E-state index contributed by atoms with van der Waals surface area (Å²) in [5, 5.41) is 9.91. The summed E-state index contributed by atoms with van der Waals surface area (Å²) >= 11 is 0. The molecule has 0 aliphatic heterocycles. The predicted octanol–water partition coefficient (Wildman–Crippen LogP) is 2.39. The second kappa shape index (κ2) is 4.66. The van der Waals surface area contributed by atoms with Crippen LogP contribution in [0.4, 0.5) is 0 Å². The van der Waals surface area contributed by atoms with E-state index in [0.717, 1.165) is 11.1 Å². The lowest BCUT2D eigenvalue weighted by Crippen LogP contribution is -1.91. The van der Waals surface area contributed by atoms with Crippen LogP contribution >= 0.6 is 0 Å². The van der Waals surface area contributed by atoms with Crippen molar-refractivity contribution in [1.29, 1.82) is 0 Å². The molecule has 1 aromatic heterocycles. The van der Waals surface area contributed by atoms with Gasteiger partial charge in [-0.3, -0.25) is 4.98 Å². The Morgan fingerprint density at radius 3 is 2.62 bits per heavy atom. The number of nitrogens with zero attached hydrogens (tertiary/aromatic N) is 1. The van der Waals surface area contributed by atoms with Crippen molar-refractivity contribution in [2.75, 3.05) is 7.11 Å². The molecule has 2 aromatic rings. The fourth-order valence-corrected chi connectivity index (χ4v) is 1.60. The Morgan fingerprint density at radius 1 is 1.19 bits per heavy atom. The van der Waals surface area contributed by atoms with Crippen LogP contribution in [0.5, 0.6) is 11.5 Å². The second-order valence-electron chi connectivity index (χ2n) is 3.50. The van der Waals surface area contributed by atoms with Crippen LogP contribution in [0.3, 0.4) is 0 Å². The first kappa shape index (κ1) is 10.5. The lowest BCUT2D eigenvalue weighted by Gasteiger charge is -2.08. The zero-order valence-corrected chi connectivity index (χ0v) is 9.05. The molecule has 0 saturated heterocycles. The monoisotopic (exact) mass is 215 g/mol. The highest BCUT2D eigenvalue weighted by Gasteiger charge is 2.07. The molecule has 0 aliphatic carbocycles. The van der Waals surface area contributed by atoms with Crippen LogP contribution in [0.15, 0.2) is 42.7 Å². The number of phenols is 1. The van der Waals surface area contributed by atoms with Crippen LogP contribution in [-0.4, -0.2) is 17.2 Å². The fraction of sp³-hybridized carbons (Fsp3) is 0.154. The summed E-state index contributed by atoms with van der Waals surface area (Å²) in [5.41, 5.74) is 1.96. The van der Waals surface area contributed by atoms with Gasteiger partial charge in [0.25, 0.3) is 0 Å². The van der Waals surface area contributed by atoms with Crippen LogP contribution in [0.25, 0.3) is 0 Å². The first-order chi connectivity index (χ1) is 7.81. The first-order valence-electron chi connectivity index (χ1n) is 5.05. The van der Waals surface area contributed by atoms with E-state index < -0.39 is 0 Å². The SMILES string of the molecule is COc1cccc(Cc2ccncc2)c1O. The van der Waals surface area contributed by atoms with Gasteiger partial charge < -0.3 is 9.84 Å². The summed E-state index contributed by atoms with van der Waals surface area (Å²) in [6.07, 6.45) is 4.16. The predicted molar refractivity (Wildman–Crippen MR) is 61.7 cm³/mol. The number of aromatic hydroxyl groups is 1. The molecule has 16 heavy (non-hydrogen) atoms. The molecule has 0 aliphatic rings. The van der Waals surface area contributed by atoms with Crippen LogP contribution in [0, 0.1) is 0 Å². The molecule has 0 atom stereocenters. The van der Waals surface area contributed by atoms with Gasteiger partial charge in [-0.2, -0.15) is 0 Å². The molecule has 0 bridgehead atoms. The Bertz CT molecular complexity index is 469. The lowest BCUT2D eigenvalue weighted by molar-refractivity contribution is 0.371. The first-order valence-corrected chi connectivity index (χ1v) is 5.05. The maximum atomic E-state index is 9.91. The van der Waals surface area contributed by atoms with Gasteiger partial charge in [-0.05, 0) is 23.8 Å². The van der Waals surface area contributed by atoms with E-state index in [4.69, 9.17) is 4.74 Å². The third kappa shape index (κ3) is 2.14. The normalized spacial score (nSPS) is 10.1. The average Bonchev–Trinajstić information content (AvgIpc) is 2.33. The number of pyridine rings is 1. The Morgan fingerprint density at radius 2 is 1.94 bits per heavy atom. The zero-order valence-electron chi connectivity index (χ0n) is 9.05. The van der Waals surface area contributed by atoms with Crippen LogP contribution < -0.4 is 4.74 Å². The number of para-hydroxylation sites is 1. The molecular formula is C13H13NO2. The smallest absolute Gasteiger partial charge is 0.161 e. The van der Waals surface area contributed by atoms with E-state index in [-0.39, 0.29) is 5.75 Å². The average molecular weight is 215 g/mol. The number of rotatable bonds is 3. The van der Waals surface area contributed by atoms with E-state index in [1.165, 1.54) is 0 Å². The molecule has 3 nitrogen and oxygen atoms in total. The van der Waals surface area contributed by atoms with Gasteiger partial charge in [-0.1, -0.05) is 12.1 Å². The Balaban J connectivity index is 2.28. The molecule has 1 heterocycles. The van der Waals surface area contributed by atoms with Crippen molar-refractivity contribution >= 4 is 0 Å². The van der Waals surface area contributed by atoms with E-state index in [2.05, 4.69) is 4.98 Å². The van der Waals surface area contributed by atoms with Crippen LogP contribution in [-0.2, 0) is 6.42 Å². The topological polar surface area (TPSA) is 42.4 Å². The van der Waals surface area contributed by atoms with Crippen molar-refractivity contribution in [3.05, 3.63) is 53.9 Å². The Labute approximate surface area is 94.3 Å². The maximum absolute atomic E-state index is 9.91. The standard InChI is InChI=1S/C13H13NO2/c1-16-12-4-2-3-11(13(12)15)9-10-5-7-14-8-6-10/h2-8,15H,9H2,1H3. The van der Waals surface area contributed by atoms with Gasteiger partial charge in [0.2, 0.25) is 0 Å². The molecule has 0 fully saturated rings. The molecule has 0 saturated carbocycles. The number of hydrogen-bond donors (Lipinski definition) is 1. The maximum Gasteiger partial charge on any atom is 0.161 e. The summed E-state index contributed by atoms with van der Waals surface area (Å²) in [5.74, 6) is 0.716. The third-order valence-corrected chi connectivity index (χ3v) is 2.45. The second-order valence-corrected chi connectivity index (χ2v) is 3.50. The molecule has 0 radical (unpaired) electrons. The summed E-state index contributed by atoms with van der Waals surface area (Å²) in [4.78, 5) is 3.96. The van der Waals surface area contributed by atoms with Gasteiger partial charge in [-0.25, -0.2) is 0 Å². The van der Waals surface area contributed by atoms with Crippen LogP contribution in [0.1, 0.15) is 11.1 Å². The van der Waals surface area contributed by atoms with Gasteiger partial charge in [0.1, 0.15) is 0 Å². The van der Waals surface area contributed by atoms with Gasteiger partial charge in [0.05, 0.1) is 7.11 Å². The largest absolute Gasteiger partial charge is 0.504 e. The number of aromatic nitrogens is 1. The Kier molecular flexibility index (Phi) is 3.05. The van der Waals surface area contributed by atoms with Gasteiger partial charge in [0, 0.05) is 24.4 Å². The van der Waals surface area contributed by atoms with E-state index >= 15 is 0 Å². The quantitative estimate of drug-likeness (QED) is 0.854. The molecular weight excluding hydrogens is 202 g/mol. The lowest BCUT2D eigenvalue weighted by atomic mass is 10.0. The molecule has 0 spiro atoms. The number of methoxy groups -OCH3 is 1. The van der Waals surface area contributed by atoms with E-state index in [0.29, 0.717) is 12.2 Å². The Hall–Kier alpha value is -2.03. The van der Waals surface area contributed by atoms with Gasteiger partial charge in [-0.15, -0.1) is 0 Å². The number of hydrogen-bond acceptors (Lipinski definition) is 3. The summed E-state index contributed by atoms with van der Waals surface area (Å²) in [7, 11) is 1.55. The van der Waals surface area contributed by atoms with Crippen molar-refractivity contribution in [2.45, 2.75) is 6.42 Å². The molecule has 2 rings (SSSR count). The van der Waals surface area contributed by atoms with Crippen molar-refractivity contribution in [3.8, 4) is 11.5 Å². The van der Waals surface area contributed by atoms with Gasteiger partial charge >= 0.3 is 0 Å². The fourth-order valence-electron chi connectivity index (χ4n) is 1.60. The molecule has 0 amide bonds. The highest BCUT2D eigenvalue weighted by Crippen LogP contribution is 2.30. The zero-order chi connectivity index (χ0) is 11.4. The van der Waals surface area contributed by atoms with E-state index in [1.807, 2.05) is 24.3 Å². The molecule has 3 heteroatoms. The highest BCUT2D eigenvalue weighted by molar-refractivity contribution is 5.47.